The molecule has 0 fully saturated rings. The largest absolute Gasteiger partial charge is 0.366 e. The third-order valence-electron chi connectivity index (χ3n) is 5.37. The van der Waals surface area contributed by atoms with Crippen molar-refractivity contribution in [2.75, 3.05) is 6.54 Å². The van der Waals surface area contributed by atoms with Gasteiger partial charge in [-0.25, -0.2) is 0 Å². The molecule has 0 spiro atoms. The average molecular weight is 432 g/mol. The molecule has 2 amide bonds. The second-order valence-electron chi connectivity index (χ2n) is 7.62. The molecule has 0 aliphatic carbocycles. The van der Waals surface area contributed by atoms with Crippen molar-refractivity contribution in [3.63, 3.8) is 0 Å². The zero-order chi connectivity index (χ0) is 21.8. The maximum atomic E-state index is 13.4. The van der Waals surface area contributed by atoms with Crippen LogP contribution in [-0.4, -0.2) is 27.8 Å². The van der Waals surface area contributed by atoms with E-state index in [2.05, 4.69) is 31.2 Å². The predicted octanol–water partition coefficient (Wildman–Crippen LogP) is 4.38. The number of thiophene rings is 1. The summed E-state index contributed by atoms with van der Waals surface area (Å²) >= 11 is 1.71. The number of rotatable bonds is 8. The number of aromatic nitrogens is 1. The molecule has 2 aromatic carbocycles. The fourth-order valence-corrected chi connectivity index (χ4v) is 4.68. The predicted molar refractivity (Wildman–Crippen MR) is 125 cm³/mol. The van der Waals surface area contributed by atoms with E-state index in [-0.39, 0.29) is 12.5 Å². The van der Waals surface area contributed by atoms with E-state index in [4.69, 9.17) is 5.73 Å². The van der Waals surface area contributed by atoms with E-state index in [1.54, 1.807) is 17.5 Å². The van der Waals surface area contributed by atoms with Crippen LogP contribution in [-0.2, 0) is 24.3 Å². The average Bonchev–Trinajstić information content (AvgIpc) is 3.35. The molecule has 0 saturated heterocycles. The van der Waals surface area contributed by atoms with Crippen molar-refractivity contribution in [1.82, 2.24) is 9.47 Å². The first kappa shape index (κ1) is 20.9. The third kappa shape index (κ3) is 4.86. The standard InChI is InChI=1S/C25H25N3O2S/c1-18-11-12-20(31-18)15-27(14-13-19-7-3-2-4-8-19)24(29)17-28-16-22(25(26)30)21-9-5-6-10-23(21)28/h2-12,16H,13-15,17H2,1H3,(H2,26,30). The summed E-state index contributed by atoms with van der Waals surface area (Å²) in [6.45, 7) is 3.43. The van der Waals surface area contributed by atoms with E-state index in [1.165, 1.54) is 10.4 Å². The van der Waals surface area contributed by atoms with Crippen molar-refractivity contribution < 1.29 is 9.59 Å². The number of amides is 2. The number of carbonyl (C=O) groups excluding carboxylic acids is 2. The van der Waals surface area contributed by atoms with Gasteiger partial charge < -0.3 is 15.2 Å². The first-order valence-corrected chi connectivity index (χ1v) is 11.1. The number of hydrogen-bond donors (Lipinski definition) is 1. The Balaban J connectivity index is 1.58. The van der Waals surface area contributed by atoms with Crippen LogP contribution in [0.1, 0.15) is 25.7 Å². The lowest BCUT2D eigenvalue weighted by Gasteiger charge is -2.23. The lowest BCUT2D eigenvalue weighted by molar-refractivity contribution is -0.132. The summed E-state index contributed by atoms with van der Waals surface area (Å²) in [6.07, 6.45) is 2.48. The number of fused-ring (bicyclic) bond motifs is 1. The van der Waals surface area contributed by atoms with Crippen molar-refractivity contribution in [2.45, 2.75) is 26.4 Å². The van der Waals surface area contributed by atoms with Gasteiger partial charge in [-0.05, 0) is 37.1 Å². The molecule has 0 unspecified atom stereocenters. The Hall–Kier alpha value is -3.38. The number of aryl methyl sites for hydroxylation is 1. The van der Waals surface area contributed by atoms with Crippen LogP contribution in [0.2, 0.25) is 0 Å². The summed E-state index contributed by atoms with van der Waals surface area (Å²) in [5.74, 6) is -0.476. The smallest absolute Gasteiger partial charge is 0.250 e. The molecule has 0 aliphatic heterocycles. The summed E-state index contributed by atoms with van der Waals surface area (Å²) in [4.78, 5) is 29.5. The minimum absolute atomic E-state index is 0.0127. The monoisotopic (exact) mass is 431 g/mol. The van der Waals surface area contributed by atoms with Gasteiger partial charge in [-0.3, -0.25) is 9.59 Å². The zero-order valence-corrected chi connectivity index (χ0v) is 18.3. The second kappa shape index (κ2) is 9.18. The molecule has 2 heterocycles. The van der Waals surface area contributed by atoms with Crippen LogP contribution in [0, 0.1) is 6.92 Å². The third-order valence-corrected chi connectivity index (χ3v) is 6.35. The van der Waals surface area contributed by atoms with Gasteiger partial charge in [0.1, 0.15) is 6.54 Å². The van der Waals surface area contributed by atoms with E-state index >= 15 is 0 Å². The molecule has 2 aromatic heterocycles. The molecule has 0 radical (unpaired) electrons. The minimum Gasteiger partial charge on any atom is -0.366 e. The molecule has 4 aromatic rings. The fraction of sp³-hybridized carbons (Fsp3) is 0.200. The Morgan fingerprint density at radius 3 is 2.45 bits per heavy atom. The zero-order valence-electron chi connectivity index (χ0n) is 17.5. The van der Waals surface area contributed by atoms with Gasteiger partial charge in [0.2, 0.25) is 5.91 Å². The molecular weight excluding hydrogens is 406 g/mol. The molecule has 0 atom stereocenters. The lowest BCUT2D eigenvalue weighted by atomic mass is 10.1. The van der Waals surface area contributed by atoms with Crippen LogP contribution in [0.15, 0.2) is 72.9 Å². The first-order valence-electron chi connectivity index (χ1n) is 10.3. The van der Waals surface area contributed by atoms with Crippen LogP contribution in [0.4, 0.5) is 0 Å². The van der Waals surface area contributed by atoms with Crippen LogP contribution in [0.3, 0.4) is 0 Å². The molecule has 0 saturated carbocycles. The van der Waals surface area contributed by atoms with Crippen LogP contribution >= 0.6 is 11.3 Å². The van der Waals surface area contributed by atoms with Crippen molar-refractivity contribution in [2.24, 2.45) is 5.73 Å². The van der Waals surface area contributed by atoms with Crippen molar-refractivity contribution in [3.8, 4) is 0 Å². The molecule has 4 rings (SSSR count). The highest BCUT2D eigenvalue weighted by Crippen LogP contribution is 2.22. The van der Waals surface area contributed by atoms with Gasteiger partial charge in [-0.1, -0.05) is 48.5 Å². The second-order valence-corrected chi connectivity index (χ2v) is 8.99. The SMILES string of the molecule is Cc1ccc(CN(CCc2ccccc2)C(=O)Cn2cc(C(N)=O)c3ccccc32)s1. The fourth-order valence-electron chi connectivity index (χ4n) is 3.78. The van der Waals surface area contributed by atoms with Gasteiger partial charge in [-0.2, -0.15) is 0 Å². The van der Waals surface area contributed by atoms with Gasteiger partial charge in [0.15, 0.2) is 0 Å². The highest BCUT2D eigenvalue weighted by atomic mass is 32.1. The van der Waals surface area contributed by atoms with E-state index < -0.39 is 5.91 Å². The van der Waals surface area contributed by atoms with Gasteiger partial charge in [-0.15, -0.1) is 11.3 Å². The van der Waals surface area contributed by atoms with Gasteiger partial charge in [0.05, 0.1) is 12.1 Å². The van der Waals surface area contributed by atoms with Crippen molar-refractivity contribution >= 4 is 34.1 Å². The highest BCUT2D eigenvalue weighted by molar-refractivity contribution is 7.11. The van der Waals surface area contributed by atoms with Gasteiger partial charge in [0, 0.05) is 33.4 Å². The van der Waals surface area contributed by atoms with E-state index in [0.717, 1.165) is 22.2 Å². The van der Waals surface area contributed by atoms with E-state index in [1.807, 2.05) is 51.9 Å². The Labute approximate surface area is 185 Å². The van der Waals surface area contributed by atoms with Gasteiger partial charge in [0.25, 0.3) is 5.91 Å². The Kier molecular flexibility index (Phi) is 6.18. The molecule has 31 heavy (non-hydrogen) atoms. The Bertz CT molecular complexity index is 1210. The molecule has 6 heteroatoms. The van der Waals surface area contributed by atoms with Crippen molar-refractivity contribution in [1.29, 1.82) is 0 Å². The van der Waals surface area contributed by atoms with E-state index in [9.17, 15) is 9.59 Å². The number of nitrogens with zero attached hydrogens (tertiary/aromatic N) is 2. The molecule has 5 nitrogen and oxygen atoms in total. The first-order chi connectivity index (χ1) is 15.0. The van der Waals surface area contributed by atoms with Gasteiger partial charge >= 0.3 is 0 Å². The number of nitrogens with two attached hydrogens (primary N) is 1. The Morgan fingerprint density at radius 1 is 1.00 bits per heavy atom. The van der Waals surface area contributed by atoms with Crippen LogP contribution < -0.4 is 5.73 Å². The minimum atomic E-state index is -0.489. The maximum Gasteiger partial charge on any atom is 0.250 e. The van der Waals surface area contributed by atoms with Crippen LogP contribution in [0.5, 0.6) is 0 Å². The summed E-state index contributed by atoms with van der Waals surface area (Å²) in [5.41, 5.74) is 8.02. The number of primary amides is 1. The number of para-hydroxylation sites is 1. The van der Waals surface area contributed by atoms with Crippen molar-refractivity contribution in [3.05, 3.63) is 93.8 Å². The quantitative estimate of drug-likeness (QED) is 0.450. The summed E-state index contributed by atoms with van der Waals surface area (Å²) in [5, 5.41) is 0.771. The Morgan fingerprint density at radius 2 is 1.74 bits per heavy atom. The summed E-state index contributed by atoms with van der Waals surface area (Å²) in [7, 11) is 0. The molecular formula is C25H25N3O2S. The molecule has 2 N–H and O–H groups in total. The number of benzene rings is 2. The maximum absolute atomic E-state index is 13.4. The molecule has 0 bridgehead atoms. The summed E-state index contributed by atoms with van der Waals surface area (Å²) in [6, 6.07) is 21.9. The molecule has 158 valence electrons. The lowest BCUT2D eigenvalue weighted by Crippen LogP contribution is -2.34. The number of hydrogen-bond acceptors (Lipinski definition) is 3. The topological polar surface area (TPSA) is 68.3 Å². The van der Waals surface area contributed by atoms with E-state index in [0.29, 0.717) is 18.7 Å². The summed E-state index contributed by atoms with van der Waals surface area (Å²) < 4.78 is 1.83. The number of carbonyl (C=O) groups is 2. The highest BCUT2D eigenvalue weighted by Gasteiger charge is 2.19. The molecule has 0 aliphatic rings. The van der Waals surface area contributed by atoms with Crippen LogP contribution in [0.25, 0.3) is 10.9 Å². The normalized spacial score (nSPS) is 11.0.